The Balaban J connectivity index is 2.61. The minimum atomic E-state index is -2.87. The highest BCUT2D eigenvalue weighted by Crippen LogP contribution is 2.03. The van der Waals surface area contributed by atoms with Gasteiger partial charge in [-0.05, 0) is 19.2 Å². The van der Waals surface area contributed by atoms with E-state index in [9.17, 15) is 8.42 Å². The van der Waals surface area contributed by atoms with Crippen molar-refractivity contribution in [3.8, 4) is 0 Å². The maximum Gasteiger partial charge on any atom is 0.151 e. The van der Waals surface area contributed by atoms with Crippen LogP contribution in [0.15, 0.2) is 18.3 Å². The Bertz CT molecular complexity index is 395. The van der Waals surface area contributed by atoms with E-state index in [4.69, 9.17) is 0 Å². The molecule has 0 radical (unpaired) electrons. The van der Waals surface area contributed by atoms with Crippen molar-refractivity contribution in [2.45, 2.75) is 20.0 Å². The van der Waals surface area contributed by atoms with Crippen LogP contribution in [-0.2, 0) is 22.9 Å². The zero-order chi connectivity index (χ0) is 11.3. The third-order valence-corrected chi connectivity index (χ3v) is 4.05. The quantitative estimate of drug-likeness (QED) is 0.780. The fourth-order valence-corrected chi connectivity index (χ4v) is 2.15. The molecule has 0 atom stereocenters. The van der Waals surface area contributed by atoms with Crippen LogP contribution in [0.2, 0.25) is 0 Å². The monoisotopic (exact) mass is 230 g/mol. The van der Waals surface area contributed by atoms with E-state index in [0.29, 0.717) is 6.54 Å². The second-order valence-corrected chi connectivity index (χ2v) is 5.93. The second kappa shape index (κ2) is 5.32. The van der Waals surface area contributed by atoms with Crippen LogP contribution in [0.25, 0.3) is 0 Å². The van der Waals surface area contributed by atoms with E-state index < -0.39 is 9.84 Å². The van der Waals surface area contributed by atoms with Gasteiger partial charge in [-0.2, -0.15) is 0 Å². The standard InChI is InChI=1S/C10H18N2O2S/c1-3-15(13,14)8-7-12-6-4-5-10(12)9-11-2/h4-6,11H,3,7-9H2,1-2H3. The molecule has 1 N–H and O–H groups in total. The van der Waals surface area contributed by atoms with Gasteiger partial charge in [-0.15, -0.1) is 0 Å². The van der Waals surface area contributed by atoms with Crippen molar-refractivity contribution >= 4 is 9.84 Å². The van der Waals surface area contributed by atoms with Gasteiger partial charge < -0.3 is 9.88 Å². The molecule has 86 valence electrons. The Labute approximate surface area is 91.2 Å². The van der Waals surface area contributed by atoms with Crippen molar-refractivity contribution in [1.82, 2.24) is 9.88 Å². The van der Waals surface area contributed by atoms with Crippen molar-refractivity contribution in [2.75, 3.05) is 18.6 Å². The number of sulfone groups is 1. The Morgan fingerprint density at radius 1 is 1.47 bits per heavy atom. The smallest absolute Gasteiger partial charge is 0.151 e. The molecular weight excluding hydrogens is 212 g/mol. The van der Waals surface area contributed by atoms with E-state index in [-0.39, 0.29) is 11.5 Å². The van der Waals surface area contributed by atoms with E-state index in [0.717, 1.165) is 12.2 Å². The molecule has 15 heavy (non-hydrogen) atoms. The van der Waals surface area contributed by atoms with E-state index >= 15 is 0 Å². The lowest BCUT2D eigenvalue weighted by atomic mass is 10.4. The fourth-order valence-electron chi connectivity index (χ4n) is 1.39. The van der Waals surface area contributed by atoms with Gasteiger partial charge in [-0.25, -0.2) is 8.42 Å². The van der Waals surface area contributed by atoms with Gasteiger partial charge in [-0.3, -0.25) is 0 Å². The average Bonchev–Trinajstić information content (AvgIpc) is 2.64. The summed E-state index contributed by atoms with van der Waals surface area (Å²) in [5.41, 5.74) is 1.11. The Kier molecular flexibility index (Phi) is 4.35. The average molecular weight is 230 g/mol. The molecule has 0 spiro atoms. The summed E-state index contributed by atoms with van der Waals surface area (Å²) in [5, 5.41) is 3.05. The van der Waals surface area contributed by atoms with Crippen molar-refractivity contribution in [3.05, 3.63) is 24.0 Å². The van der Waals surface area contributed by atoms with Crippen LogP contribution >= 0.6 is 0 Å². The van der Waals surface area contributed by atoms with Crippen LogP contribution in [0, 0.1) is 0 Å². The molecule has 1 aromatic rings. The summed E-state index contributed by atoms with van der Waals surface area (Å²) in [4.78, 5) is 0. The Hall–Kier alpha value is -0.810. The summed E-state index contributed by atoms with van der Waals surface area (Å²) in [7, 11) is -0.993. The van der Waals surface area contributed by atoms with Gasteiger partial charge >= 0.3 is 0 Å². The highest BCUT2D eigenvalue weighted by Gasteiger charge is 2.08. The first-order chi connectivity index (χ1) is 7.09. The highest BCUT2D eigenvalue weighted by molar-refractivity contribution is 7.91. The topological polar surface area (TPSA) is 51.1 Å². The van der Waals surface area contributed by atoms with Crippen molar-refractivity contribution < 1.29 is 8.42 Å². The summed E-state index contributed by atoms with van der Waals surface area (Å²) < 4.78 is 24.6. The highest BCUT2D eigenvalue weighted by atomic mass is 32.2. The summed E-state index contributed by atoms with van der Waals surface area (Å²) >= 11 is 0. The minimum absolute atomic E-state index is 0.217. The number of aromatic nitrogens is 1. The summed E-state index contributed by atoms with van der Waals surface area (Å²) in [6.07, 6.45) is 1.91. The normalized spacial score (nSPS) is 11.9. The van der Waals surface area contributed by atoms with Gasteiger partial charge in [-0.1, -0.05) is 6.92 Å². The second-order valence-electron chi connectivity index (χ2n) is 3.46. The predicted octanol–water partition coefficient (Wildman–Crippen LogP) is 0.642. The molecule has 0 aliphatic heterocycles. The van der Waals surface area contributed by atoms with Crippen LogP contribution < -0.4 is 5.32 Å². The zero-order valence-corrected chi connectivity index (χ0v) is 10.0. The molecule has 0 saturated heterocycles. The fraction of sp³-hybridized carbons (Fsp3) is 0.600. The van der Waals surface area contributed by atoms with Crippen molar-refractivity contribution in [1.29, 1.82) is 0 Å². The first-order valence-electron chi connectivity index (χ1n) is 5.08. The number of nitrogens with one attached hydrogen (secondary N) is 1. The predicted molar refractivity (Wildman–Crippen MR) is 61.5 cm³/mol. The minimum Gasteiger partial charge on any atom is -0.349 e. The molecule has 0 fully saturated rings. The van der Waals surface area contributed by atoms with Crippen LogP contribution in [0.1, 0.15) is 12.6 Å². The maximum atomic E-state index is 11.3. The first kappa shape index (κ1) is 12.3. The van der Waals surface area contributed by atoms with Crippen LogP contribution in [0.4, 0.5) is 0 Å². The summed E-state index contributed by atoms with van der Waals surface area (Å²) in [5.74, 6) is 0.435. The van der Waals surface area contributed by atoms with Crippen molar-refractivity contribution in [2.24, 2.45) is 0 Å². The third-order valence-electron chi connectivity index (χ3n) is 2.36. The van der Waals surface area contributed by atoms with E-state index in [1.54, 1.807) is 6.92 Å². The van der Waals surface area contributed by atoms with E-state index in [1.165, 1.54) is 0 Å². The lowest BCUT2D eigenvalue weighted by Gasteiger charge is -2.08. The molecule has 0 aliphatic rings. The van der Waals surface area contributed by atoms with Crippen LogP contribution in [0.3, 0.4) is 0 Å². The van der Waals surface area contributed by atoms with Crippen molar-refractivity contribution in [3.63, 3.8) is 0 Å². The van der Waals surface area contributed by atoms with Gasteiger partial charge in [0, 0.05) is 30.7 Å². The van der Waals surface area contributed by atoms with E-state index in [2.05, 4.69) is 5.32 Å². The number of rotatable bonds is 6. The lowest BCUT2D eigenvalue weighted by Crippen LogP contribution is -2.17. The third kappa shape index (κ3) is 3.68. The molecule has 0 bridgehead atoms. The molecule has 0 aromatic carbocycles. The molecule has 0 unspecified atom stereocenters. The maximum absolute atomic E-state index is 11.3. The molecule has 5 heteroatoms. The number of aryl methyl sites for hydroxylation is 1. The largest absolute Gasteiger partial charge is 0.349 e. The molecule has 0 aliphatic carbocycles. The number of nitrogens with zero attached hydrogens (tertiary/aromatic N) is 1. The molecular formula is C10H18N2O2S. The molecule has 0 saturated carbocycles. The van der Waals surface area contributed by atoms with Gasteiger partial charge in [0.2, 0.25) is 0 Å². The molecule has 1 heterocycles. The summed E-state index contributed by atoms with van der Waals surface area (Å²) in [6.45, 7) is 2.98. The summed E-state index contributed by atoms with van der Waals surface area (Å²) in [6, 6.07) is 3.93. The Morgan fingerprint density at radius 3 is 2.80 bits per heavy atom. The van der Waals surface area contributed by atoms with Gasteiger partial charge in [0.15, 0.2) is 9.84 Å². The zero-order valence-electron chi connectivity index (χ0n) is 9.23. The van der Waals surface area contributed by atoms with Gasteiger partial charge in [0.1, 0.15) is 0 Å². The van der Waals surface area contributed by atoms with E-state index in [1.807, 2.05) is 29.9 Å². The van der Waals surface area contributed by atoms with Gasteiger partial charge in [0.25, 0.3) is 0 Å². The first-order valence-corrected chi connectivity index (χ1v) is 6.90. The molecule has 4 nitrogen and oxygen atoms in total. The van der Waals surface area contributed by atoms with Crippen LogP contribution in [-0.4, -0.2) is 31.5 Å². The SMILES string of the molecule is CCS(=O)(=O)CCn1cccc1CNC. The van der Waals surface area contributed by atoms with Crippen LogP contribution in [0.5, 0.6) is 0 Å². The number of hydrogen-bond acceptors (Lipinski definition) is 3. The Morgan fingerprint density at radius 2 is 2.20 bits per heavy atom. The molecule has 1 aromatic heterocycles. The molecule has 1 rings (SSSR count). The lowest BCUT2D eigenvalue weighted by molar-refractivity contribution is 0.587. The molecule has 0 amide bonds. The number of hydrogen-bond donors (Lipinski definition) is 1. The van der Waals surface area contributed by atoms with Gasteiger partial charge in [0.05, 0.1) is 5.75 Å².